The molecule has 1 aromatic rings. The summed E-state index contributed by atoms with van der Waals surface area (Å²) in [6, 6.07) is 6.48. The normalized spacial score (nSPS) is 12.7. The zero-order chi connectivity index (χ0) is 14.3. The summed E-state index contributed by atoms with van der Waals surface area (Å²) < 4.78 is 5.61. The molecule has 0 aliphatic carbocycles. The Morgan fingerprint density at radius 1 is 1.21 bits per heavy atom. The van der Waals surface area contributed by atoms with Crippen LogP contribution >= 0.6 is 0 Å². The summed E-state index contributed by atoms with van der Waals surface area (Å²) in [5.41, 5.74) is 2.63. The van der Waals surface area contributed by atoms with Crippen molar-refractivity contribution in [3.05, 3.63) is 29.3 Å². The molecule has 0 fully saturated rings. The second-order valence-electron chi connectivity index (χ2n) is 5.70. The molecular formula is C17H28O2. The van der Waals surface area contributed by atoms with E-state index in [1.165, 1.54) is 24.0 Å². The van der Waals surface area contributed by atoms with Gasteiger partial charge in [0.1, 0.15) is 12.4 Å². The van der Waals surface area contributed by atoms with Gasteiger partial charge < -0.3 is 9.84 Å². The van der Waals surface area contributed by atoms with Crippen molar-refractivity contribution in [3.63, 3.8) is 0 Å². The van der Waals surface area contributed by atoms with E-state index in [0.29, 0.717) is 12.5 Å². The zero-order valence-corrected chi connectivity index (χ0v) is 12.8. The molecule has 0 spiro atoms. The molecule has 0 bridgehead atoms. The van der Waals surface area contributed by atoms with E-state index in [1.54, 1.807) is 0 Å². The van der Waals surface area contributed by atoms with Gasteiger partial charge in [-0.3, -0.25) is 0 Å². The molecule has 0 aliphatic rings. The third-order valence-electron chi connectivity index (χ3n) is 3.41. The third kappa shape index (κ3) is 5.23. The smallest absolute Gasteiger partial charge is 0.122 e. The highest BCUT2D eigenvalue weighted by Gasteiger charge is 2.10. The highest BCUT2D eigenvalue weighted by atomic mass is 16.5. The van der Waals surface area contributed by atoms with Gasteiger partial charge in [0, 0.05) is 0 Å². The molecule has 0 aromatic heterocycles. The van der Waals surface area contributed by atoms with Crippen LogP contribution in [-0.4, -0.2) is 18.3 Å². The number of hydrogen-bond donors (Lipinski definition) is 1. The van der Waals surface area contributed by atoms with Gasteiger partial charge in [-0.25, -0.2) is 0 Å². The third-order valence-corrected chi connectivity index (χ3v) is 3.41. The van der Waals surface area contributed by atoms with E-state index in [0.717, 1.165) is 18.1 Å². The van der Waals surface area contributed by atoms with Crippen LogP contribution in [0.2, 0.25) is 0 Å². The summed E-state index contributed by atoms with van der Waals surface area (Å²) in [5.74, 6) is 2.08. The number of hydrogen-bond acceptors (Lipinski definition) is 2. The van der Waals surface area contributed by atoms with Gasteiger partial charge in [-0.1, -0.05) is 52.7 Å². The number of aliphatic hydroxyl groups is 1. The lowest BCUT2D eigenvalue weighted by atomic mass is 9.93. The summed E-state index contributed by atoms with van der Waals surface area (Å²) in [6.45, 7) is 9.34. The minimum atomic E-state index is 0.0623. The molecule has 19 heavy (non-hydrogen) atoms. The van der Waals surface area contributed by atoms with E-state index in [2.05, 4.69) is 45.9 Å². The van der Waals surface area contributed by atoms with E-state index in [-0.39, 0.29) is 6.61 Å². The topological polar surface area (TPSA) is 29.5 Å². The number of ether oxygens (including phenoxy) is 1. The molecule has 2 heteroatoms. The summed E-state index contributed by atoms with van der Waals surface area (Å²) in [5, 5.41) is 8.86. The van der Waals surface area contributed by atoms with Gasteiger partial charge in [0.15, 0.2) is 0 Å². The van der Waals surface area contributed by atoms with Gasteiger partial charge in [0.2, 0.25) is 0 Å². The Morgan fingerprint density at radius 3 is 2.53 bits per heavy atom. The minimum Gasteiger partial charge on any atom is -0.491 e. The van der Waals surface area contributed by atoms with E-state index >= 15 is 0 Å². The summed E-state index contributed by atoms with van der Waals surface area (Å²) in [7, 11) is 0. The molecule has 2 nitrogen and oxygen atoms in total. The van der Waals surface area contributed by atoms with Crippen LogP contribution in [0, 0.1) is 5.92 Å². The van der Waals surface area contributed by atoms with Crippen LogP contribution in [-0.2, 0) is 6.42 Å². The fraction of sp³-hybridized carbons (Fsp3) is 0.647. The highest BCUT2D eigenvalue weighted by Crippen LogP contribution is 2.28. The van der Waals surface area contributed by atoms with E-state index in [9.17, 15) is 0 Å². The summed E-state index contributed by atoms with van der Waals surface area (Å²) in [6.07, 6.45) is 3.66. The quantitative estimate of drug-likeness (QED) is 0.764. The Bertz CT molecular complexity index is 372. The largest absolute Gasteiger partial charge is 0.491 e. The standard InChI is InChI=1S/C17H28O2/c1-5-6-14(4)11-15-7-8-17(19-10-9-18)16(12-15)13(2)3/h7-8,12-14,18H,5-6,9-11H2,1-4H3. The first-order valence-electron chi connectivity index (χ1n) is 7.44. The van der Waals surface area contributed by atoms with E-state index in [4.69, 9.17) is 9.84 Å². The second kappa shape index (κ2) is 8.21. The molecule has 0 heterocycles. The van der Waals surface area contributed by atoms with Gasteiger partial charge in [-0.15, -0.1) is 0 Å². The predicted molar refractivity (Wildman–Crippen MR) is 80.9 cm³/mol. The van der Waals surface area contributed by atoms with Crippen molar-refractivity contribution in [3.8, 4) is 5.75 Å². The van der Waals surface area contributed by atoms with Crippen LogP contribution in [0.5, 0.6) is 5.75 Å². The monoisotopic (exact) mass is 264 g/mol. The molecule has 1 rings (SSSR count). The maximum absolute atomic E-state index is 8.86. The molecule has 0 radical (unpaired) electrons. The zero-order valence-electron chi connectivity index (χ0n) is 12.8. The van der Waals surface area contributed by atoms with Crippen LogP contribution in [0.25, 0.3) is 0 Å². The molecule has 0 saturated carbocycles. The minimum absolute atomic E-state index is 0.0623. The van der Waals surface area contributed by atoms with Crippen molar-refractivity contribution < 1.29 is 9.84 Å². The lowest BCUT2D eigenvalue weighted by Crippen LogP contribution is -2.06. The van der Waals surface area contributed by atoms with Crippen LogP contribution in [0.15, 0.2) is 18.2 Å². The molecular weight excluding hydrogens is 236 g/mol. The van der Waals surface area contributed by atoms with Gasteiger partial charge >= 0.3 is 0 Å². The first kappa shape index (κ1) is 16.0. The first-order valence-corrected chi connectivity index (χ1v) is 7.44. The molecule has 1 unspecified atom stereocenters. The van der Waals surface area contributed by atoms with Crippen molar-refractivity contribution in [2.75, 3.05) is 13.2 Å². The van der Waals surface area contributed by atoms with Crippen LogP contribution in [0.4, 0.5) is 0 Å². The van der Waals surface area contributed by atoms with Gasteiger partial charge in [-0.2, -0.15) is 0 Å². The van der Waals surface area contributed by atoms with Crippen molar-refractivity contribution in [2.45, 2.75) is 52.9 Å². The van der Waals surface area contributed by atoms with Gasteiger partial charge in [0.05, 0.1) is 6.61 Å². The average molecular weight is 264 g/mol. The predicted octanol–water partition coefficient (Wildman–Crippen LogP) is 4.16. The fourth-order valence-corrected chi connectivity index (χ4v) is 2.46. The van der Waals surface area contributed by atoms with Crippen LogP contribution < -0.4 is 4.74 Å². The Labute approximate surface area is 117 Å². The van der Waals surface area contributed by atoms with Crippen molar-refractivity contribution in [1.29, 1.82) is 0 Å². The first-order chi connectivity index (χ1) is 9.08. The SMILES string of the molecule is CCCC(C)Cc1ccc(OCCO)c(C(C)C)c1. The average Bonchev–Trinajstić information content (AvgIpc) is 2.37. The molecule has 1 aromatic carbocycles. The van der Waals surface area contributed by atoms with E-state index in [1.807, 2.05) is 0 Å². The van der Waals surface area contributed by atoms with Crippen LogP contribution in [0.1, 0.15) is 57.6 Å². The fourth-order valence-electron chi connectivity index (χ4n) is 2.46. The lowest BCUT2D eigenvalue weighted by Gasteiger charge is -2.17. The number of rotatable bonds is 8. The molecule has 108 valence electrons. The lowest BCUT2D eigenvalue weighted by molar-refractivity contribution is 0.200. The Hall–Kier alpha value is -1.02. The summed E-state index contributed by atoms with van der Waals surface area (Å²) >= 11 is 0. The maximum Gasteiger partial charge on any atom is 0.122 e. The van der Waals surface area contributed by atoms with Gasteiger partial charge in [-0.05, 0) is 35.4 Å². The van der Waals surface area contributed by atoms with Crippen molar-refractivity contribution in [1.82, 2.24) is 0 Å². The Balaban J connectivity index is 2.83. The Morgan fingerprint density at radius 2 is 1.95 bits per heavy atom. The summed E-state index contributed by atoms with van der Waals surface area (Å²) in [4.78, 5) is 0. The molecule has 1 atom stereocenters. The second-order valence-corrected chi connectivity index (χ2v) is 5.70. The Kier molecular flexibility index (Phi) is 6.93. The molecule has 1 N–H and O–H groups in total. The number of benzene rings is 1. The molecule has 0 saturated heterocycles. The highest BCUT2D eigenvalue weighted by molar-refractivity contribution is 5.39. The maximum atomic E-state index is 8.86. The molecule has 0 aliphatic heterocycles. The van der Waals surface area contributed by atoms with Crippen molar-refractivity contribution >= 4 is 0 Å². The number of aliphatic hydroxyl groups excluding tert-OH is 1. The van der Waals surface area contributed by atoms with E-state index < -0.39 is 0 Å². The molecule has 0 amide bonds. The van der Waals surface area contributed by atoms with Crippen LogP contribution in [0.3, 0.4) is 0 Å². The van der Waals surface area contributed by atoms with Gasteiger partial charge in [0.25, 0.3) is 0 Å². The van der Waals surface area contributed by atoms with Crippen molar-refractivity contribution in [2.24, 2.45) is 5.92 Å².